The molecule has 0 aliphatic carbocycles. The Balaban J connectivity index is 2.49. The molecule has 3 nitrogen and oxygen atoms in total. The number of anilines is 1. The molecule has 1 aliphatic heterocycles. The average Bonchev–Trinajstić information content (AvgIpc) is 2.28. The molecule has 1 heterocycles. The van der Waals surface area contributed by atoms with Gasteiger partial charge in [-0.05, 0) is 12.5 Å². The molecule has 0 spiro atoms. The Labute approximate surface area is 94.0 Å². The second kappa shape index (κ2) is 4.40. The Hall–Kier alpha value is -1.76. The van der Waals surface area contributed by atoms with Crippen molar-refractivity contribution >= 4 is 5.69 Å². The predicted octanol–water partition coefficient (Wildman–Crippen LogP) is 2.31. The van der Waals surface area contributed by atoms with Crippen molar-refractivity contribution in [3.05, 3.63) is 23.5 Å². The molecule has 0 saturated heterocycles. The Bertz CT molecular complexity index is 439. The summed E-state index contributed by atoms with van der Waals surface area (Å²) in [4.78, 5) is 2.08. The lowest BCUT2D eigenvalue weighted by Gasteiger charge is -2.31. The summed E-state index contributed by atoms with van der Waals surface area (Å²) in [5, 5.41) is 9.01. The summed E-state index contributed by atoms with van der Waals surface area (Å²) in [6, 6.07) is 4.63. The maximum Gasteiger partial charge on any atom is 0.146 e. The first-order valence-electron chi connectivity index (χ1n) is 5.37. The van der Waals surface area contributed by atoms with Gasteiger partial charge in [-0.3, -0.25) is 0 Å². The molecule has 0 unspecified atom stereocenters. The van der Waals surface area contributed by atoms with Crippen molar-refractivity contribution < 1.29 is 9.13 Å². The van der Waals surface area contributed by atoms with Gasteiger partial charge in [0.25, 0.3) is 0 Å². The number of fused-ring (bicyclic) bond motifs is 1. The van der Waals surface area contributed by atoms with Gasteiger partial charge in [-0.25, -0.2) is 4.39 Å². The summed E-state index contributed by atoms with van der Waals surface area (Å²) >= 11 is 0. The summed E-state index contributed by atoms with van der Waals surface area (Å²) in [5.41, 5.74) is 1.08. The highest BCUT2D eigenvalue weighted by molar-refractivity contribution is 5.69. The van der Waals surface area contributed by atoms with E-state index >= 15 is 0 Å². The lowest BCUT2D eigenvalue weighted by atomic mass is 10.1. The van der Waals surface area contributed by atoms with E-state index in [4.69, 9.17) is 10.00 Å². The molecular formula is C12H13FN2O. The highest BCUT2D eigenvalue weighted by atomic mass is 19.1. The monoisotopic (exact) mass is 220 g/mol. The number of hydrogen-bond acceptors (Lipinski definition) is 3. The maximum atomic E-state index is 13.2. The third kappa shape index (κ3) is 1.81. The zero-order valence-corrected chi connectivity index (χ0v) is 9.16. The van der Waals surface area contributed by atoms with Gasteiger partial charge >= 0.3 is 0 Å². The number of hydrogen-bond donors (Lipinski definition) is 0. The minimum atomic E-state index is -0.423. The van der Waals surface area contributed by atoms with Gasteiger partial charge in [0, 0.05) is 12.6 Å². The van der Waals surface area contributed by atoms with E-state index in [9.17, 15) is 4.39 Å². The third-order valence-corrected chi connectivity index (χ3v) is 2.59. The van der Waals surface area contributed by atoms with E-state index in [2.05, 4.69) is 11.8 Å². The van der Waals surface area contributed by atoms with Crippen LogP contribution in [0.15, 0.2) is 12.1 Å². The van der Waals surface area contributed by atoms with Gasteiger partial charge in [-0.15, -0.1) is 0 Å². The fourth-order valence-corrected chi connectivity index (χ4v) is 1.97. The first kappa shape index (κ1) is 10.7. The first-order chi connectivity index (χ1) is 7.76. The van der Waals surface area contributed by atoms with Crippen LogP contribution in [0.1, 0.15) is 18.9 Å². The number of benzene rings is 1. The van der Waals surface area contributed by atoms with Crippen LogP contribution < -0.4 is 9.64 Å². The van der Waals surface area contributed by atoms with Crippen molar-refractivity contribution in [3.8, 4) is 11.8 Å². The summed E-state index contributed by atoms with van der Waals surface area (Å²) in [6.07, 6.45) is 0.988. The molecule has 16 heavy (non-hydrogen) atoms. The lowest BCUT2D eigenvalue weighted by Crippen LogP contribution is -2.34. The summed E-state index contributed by atoms with van der Waals surface area (Å²) in [6.45, 7) is 4.23. The molecule has 0 amide bonds. The molecule has 0 aromatic heterocycles. The Morgan fingerprint density at radius 2 is 2.38 bits per heavy atom. The van der Waals surface area contributed by atoms with Gasteiger partial charge in [0.05, 0.1) is 17.8 Å². The minimum absolute atomic E-state index is 0.350. The second-order valence-corrected chi connectivity index (χ2v) is 3.75. The summed E-state index contributed by atoms with van der Waals surface area (Å²) in [7, 11) is 0. The maximum absolute atomic E-state index is 13.2. The predicted molar refractivity (Wildman–Crippen MR) is 59.1 cm³/mol. The van der Waals surface area contributed by atoms with Crippen molar-refractivity contribution in [2.75, 3.05) is 24.6 Å². The quantitative estimate of drug-likeness (QED) is 0.767. The molecule has 4 heteroatoms. The third-order valence-electron chi connectivity index (χ3n) is 2.59. The average molecular weight is 220 g/mol. The largest absolute Gasteiger partial charge is 0.489 e. The van der Waals surface area contributed by atoms with Crippen LogP contribution in [0.4, 0.5) is 10.1 Å². The first-order valence-corrected chi connectivity index (χ1v) is 5.37. The van der Waals surface area contributed by atoms with E-state index < -0.39 is 5.82 Å². The molecule has 0 bridgehead atoms. The number of halogens is 1. The molecule has 0 N–H and O–H groups in total. The number of nitrogens with zero attached hydrogens (tertiary/aromatic N) is 2. The van der Waals surface area contributed by atoms with E-state index in [0.29, 0.717) is 17.9 Å². The number of ether oxygens (including phenoxy) is 1. The van der Waals surface area contributed by atoms with Crippen LogP contribution in [0.5, 0.6) is 5.75 Å². The summed E-state index contributed by atoms with van der Waals surface area (Å²) < 4.78 is 18.6. The van der Waals surface area contributed by atoms with Crippen molar-refractivity contribution in [2.45, 2.75) is 13.3 Å². The van der Waals surface area contributed by atoms with Crippen LogP contribution in [0.2, 0.25) is 0 Å². The van der Waals surface area contributed by atoms with E-state index in [-0.39, 0.29) is 0 Å². The zero-order valence-electron chi connectivity index (χ0n) is 9.16. The zero-order chi connectivity index (χ0) is 11.5. The Kier molecular flexibility index (Phi) is 2.95. The van der Waals surface area contributed by atoms with Crippen LogP contribution in [-0.2, 0) is 0 Å². The topological polar surface area (TPSA) is 36.3 Å². The van der Waals surface area contributed by atoms with Crippen molar-refractivity contribution in [1.29, 1.82) is 5.26 Å². The van der Waals surface area contributed by atoms with E-state index in [1.807, 2.05) is 6.07 Å². The second-order valence-electron chi connectivity index (χ2n) is 3.75. The fourth-order valence-electron chi connectivity index (χ4n) is 1.97. The normalized spacial score (nSPS) is 13.9. The molecular weight excluding hydrogens is 207 g/mol. The fraction of sp³-hybridized carbons (Fsp3) is 0.417. The molecule has 0 atom stereocenters. The molecule has 1 aromatic carbocycles. The van der Waals surface area contributed by atoms with E-state index in [1.54, 1.807) is 0 Å². The Morgan fingerprint density at radius 3 is 3.06 bits per heavy atom. The van der Waals surface area contributed by atoms with Crippen molar-refractivity contribution in [3.63, 3.8) is 0 Å². The van der Waals surface area contributed by atoms with Crippen molar-refractivity contribution in [2.24, 2.45) is 0 Å². The SMILES string of the molecule is CCCN1CCOc2cc(F)cc(C#N)c21. The van der Waals surface area contributed by atoms with Crippen molar-refractivity contribution in [1.82, 2.24) is 0 Å². The standard InChI is InChI=1S/C12H13FN2O/c1-2-3-15-4-5-16-11-7-10(13)6-9(8-14)12(11)15/h6-7H,2-5H2,1H3. The van der Waals surface area contributed by atoms with Gasteiger partial charge in [0.1, 0.15) is 24.2 Å². The van der Waals surface area contributed by atoms with E-state index in [0.717, 1.165) is 25.2 Å². The van der Waals surface area contributed by atoms with Crippen LogP contribution in [0, 0.1) is 17.1 Å². The molecule has 0 saturated carbocycles. The molecule has 0 fully saturated rings. The van der Waals surface area contributed by atoms with Crippen LogP contribution in [-0.4, -0.2) is 19.7 Å². The highest BCUT2D eigenvalue weighted by Gasteiger charge is 2.22. The smallest absolute Gasteiger partial charge is 0.146 e. The molecule has 2 rings (SSSR count). The van der Waals surface area contributed by atoms with Crippen LogP contribution >= 0.6 is 0 Å². The summed E-state index contributed by atoms with van der Waals surface area (Å²) in [5.74, 6) is 0.0601. The van der Waals surface area contributed by atoms with Gasteiger partial charge in [-0.2, -0.15) is 5.26 Å². The van der Waals surface area contributed by atoms with Crippen LogP contribution in [0.25, 0.3) is 0 Å². The Morgan fingerprint density at radius 1 is 1.56 bits per heavy atom. The van der Waals surface area contributed by atoms with Gasteiger partial charge in [0.2, 0.25) is 0 Å². The van der Waals surface area contributed by atoms with Crippen LogP contribution in [0.3, 0.4) is 0 Å². The highest BCUT2D eigenvalue weighted by Crippen LogP contribution is 2.35. The van der Waals surface area contributed by atoms with Gasteiger partial charge < -0.3 is 9.64 Å². The lowest BCUT2D eigenvalue weighted by molar-refractivity contribution is 0.305. The minimum Gasteiger partial charge on any atom is -0.489 e. The molecule has 1 aromatic rings. The number of nitriles is 1. The van der Waals surface area contributed by atoms with Gasteiger partial charge in [0.15, 0.2) is 0 Å². The van der Waals surface area contributed by atoms with Gasteiger partial charge in [-0.1, -0.05) is 6.92 Å². The van der Waals surface area contributed by atoms with E-state index in [1.165, 1.54) is 12.1 Å². The number of rotatable bonds is 2. The molecule has 1 aliphatic rings. The molecule has 0 radical (unpaired) electrons. The molecule has 84 valence electrons.